The molecule has 0 bridgehead atoms. The summed E-state index contributed by atoms with van der Waals surface area (Å²) < 4.78 is 69.7. The van der Waals surface area contributed by atoms with Gasteiger partial charge < -0.3 is 10.1 Å². The highest BCUT2D eigenvalue weighted by atomic mass is 32.2. The molecule has 1 aliphatic rings. The number of nitrogens with one attached hydrogen (secondary N) is 1. The first-order valence-electron chi connectivity index (χ1n) is 9.41. The molecular weight excluding hydrogens is 473 g/mol. The van der Waals surface area contributed by atoms with E-state index in [1.807, 2.05) is 0 Å². The molecule has 0 atom stereocenters. The lowest BCUT2D eigenvalue weighted by Gasteiger charge is -2.19. The van der Waals surface area contributed by atoms with Gasteiger partial charge in [-0.2, -0.15) is 17.5 Å². The van der Waals surface area contributed by atoms with Gasteiger partial charge in [0.15, 0.2) is 6.61 Å². The van der Waals surface area contributed by atoms with Crippen molar-refractivity contribution >= 4 is 32.8 Å². The van der Waals surface area contributed by atoms with Crippen LogP contribution >= 0.6 is 0 Å². The number of benzene rings is 2. The number of hydrogen-bond acceptors (Lipinski definition) is 8. The topological polar surface area (TPSA) is 145 Å². The molecule has 0 unspecified atom stereocenters. The Morgan fingerprint density at radius 2 is 1.58 bits per heavy atom. The van der Waals surface area contributed by atoms with Crippen LogP contribution in [-0.4, -0.2) is 48.4 Å². The van der Waals surface area contributed by atoms with Crippen LogP contribution in [0.5, 0.6) is 5.75 Å². The normalized spacial score (nSPS) is 14.8. The quantitative estimate of drug-likeness (QED) is 0.432. The van der Waals surface area contributed by atoms with E-state index in [0.717, 1.165) is 30.3 Å². The number of nitrogens with zero attached hydrogens (tertiary/aromatic N) is 3. The summed E-state index contributed by atoms with van der Waals surface area (Å²) in [7, 11) is -3.96. The molecule has 1 heterocycles. The Morgan fingerprint density at radius 3 is 2.09 bits per heavy atom. The van der Waals surface area contributed by atoms with E-state index in [-0.39, 0.29) is 29.4 Å². The van der Waals surface area contributed by atoms with Gasteiger partial charge >= 0.3 is 6.18 Å². The van der Waals surface area contributed by atoms with Crippen molar-refractivity contribution in [2.75, 3.05) is 25.0 Å². The van der Waals surface area contributed by atoms with Crippen LogP contribution < -0.4 is 10.1 Å². The molecule has 11 nitrogen and oxygen atoms in total. The highest BCUT2D eigenvalue weighted by Crippen LogP contribution is 2.35. The predicted octanol–water partition coefficient (Wildman–Crippen LogP) is 3.97. The number of halogens is 3. The van der Waals surface area contributed by atoms with Crippen LogP contribution in [0.3, 0.4) is 0 Å². The Morgan fingerprint density at radius 1 is 1.00 bits per heavy atom. The molecule has 2 aromatic rings. The van der Waals surface area contributed by atoms with Crippen LogP contribution in [0.15, 0.2) is 41.3 Å². The van der Waals surface area contributed by atoms with Gasteiger partial charge in [0.05, 0.1) is 32.2 Å². The summed E-state index contributed by atoms with van der Waals surface area (Å²) in [4.78, 5) is 20.2. The van der Waals surface area contributed by atoms with Crippen molar-refractivity contribution in [2.45, 2.75) is 23.9 Å². The minimum Gasteiger partial charge on any atom is -0.482 e. The summed E-state index contributed by atoms with van der Waals surface area (Å²) in [6, 6.07) is 5.66. The van der Waals surface area contributed by atoms with Crippen LogP contribution in [0.4, 0.5) is 35.9 Å². The average Bonchev–Trinajstić information content (AvgIpc) is 3.27. The molecular formula is C18H17F3N4O7S. The average molecular weight is 490 g/mol. The van der Waals surface area contributed by atoms with Crippen molar-refractivity contribution < 1.29 is 36.2 Å². The molecule has 0 aliphatic carbocycles. The molecule has 0 spiro atoms. The maximum atomic E-state index is 12.9. The van der Waals surface area contributed by atoms with E-state index >= 15 is 0 Å². The third-order valence-corrected chi connectivity index (χ3v) is 6.54. The number of nitro groups is 2. The molecule has 0 radical (unpaired) electrons. The molecule has 0 saturated carbocycles. The summed E-state index contributed by atoms with van der Waals surface area (Å²) in [6.07, 6.45) is -3.37. The van der Waals surface area contributed by atoms with Gasteiger partial charge in [0.2, 0.25) is 10.0 Å². The van der Waals surface area contributed by atoms with Gasteiger partial charge in [0.1, 0.15) is 5.75 Å². The lowest BCUT2D eigenvalue weighted by atomic mass is 10.2. The van der Waals surface area contributed by atoms with Gasteiger partial charge in [0.25, 0.3) is 11.4 Å². The second-order valence-electron chi connectivity index (χ2n) is 7.05. The number of non-ortho nitro benzene ring substituents is 2. The number of sulfonamides is 1. The number of ether oxygens (including phenoxy) is 1. The molecule has 0 amide bonds. The lowest BCUT2D eigenvalue weighted by Crippen LogP contribution is -2.28. The van der Waals surface area contributed by atoms with Gasteiger partial charge in [-0.25, -0.2) is 8.42 Å². The third-order valence-electron chi connectivity index (χ3n) is 4.65. The van der Waals surface area contributed by atoms with Crippen molar-refractivity contribution in [1.29, 1.82) is 0 Å². The molecule has 33 heavy (non-hydrogen) atoms. The zero-order valence-corrected chi connectivity index (χ0v) is 17.6. The van der Waals surface area contributed by atoms with Crippen molar-refractivity contribution in [3.8, 4) is 5.75 Å². The van der Waals surface area contributed by atoms with E-state index in [4.69, 9.17) is 4.74 Å². The van der Waals surface area contributed by atoms with E-state index in [2.05, 4.69) is 5.32 Å². The van der Waals surface area contributed by atoms with Crippen molar-refractivity contribution in [1.82, 2.24) is 4.31 Å². The summed E-state index contributed by atoms with van der Waals surface area (Å²) in [5.74, 6) is -0.401. The molecule has 1 aliphatic heterocycles. The first kappa shape index (κ1) is 24.2. The minimum absolute atomic E-state index is 0.219. The second-order valence-corrected chi connectivity index (χ2v) is 8.99. The van der Waals surface area contributed by atoms with Gasteiger partial charge in [0, 0.05) is 25.2 Å². The molecule has 3 rings (SSSR count). The second kappa shape index (κ2) is 9.19. The fourth-order valence-electron chi connectivity index (χ4n) is 3.16. The SMILES string of the molecule is O=[N+]([O-])c1cc(Nc2cc(S(=O)(=O)N3CCCC3)ccc2OCC(F)(F)F)cc([N+](=O)[O-])c1. The van der Waals surface area contributed by atoms with Crippen LogP contribution in [0.25, 0.3) is 0 Å². The standard InChI is InChI=1S/C18H17F3N4O7S/c19-18(20,21)11-32-17-4-3-15(33(30,31)23-5-1-2-6-23)10-16(17)22-12-7-13(24(26)27)9-14(8-12)25(28)29/h3-4,7-10,22H,1-2,5-6,11H2. The van der Waals surface area contributed by atoms with Crippen molar-refractivity contribution in [3.05, 3.63) is 56.6 Å². The van der Waals surface area contributed by atoms with E-state index in [9.17, 15) is 41.8 Å². The maximum Gasteiger partial charge on any atom is 0.422 e. The Labute approximate surface area is 185 Å². The van der Waals surface area contributed by atoms with E-state index in [1.54, 1.807) is 0 Å². The number of hydrogen-bond donors (Lipinski definition) is 1. The van der Waals surface area contributed by atoms with Crippen LogP contribution in [-0.2, 0) is 10.0 Å². The minimum atomic E-state index is -4.69. The van der Waals surface area contributed by atoms with Crippen LogP contribution in [0, 0.1) is 20.2 Å². The number of nitro benzene ring substituents is 2. The zero-order valence-electron chi connectivity index (χ0n) is 16.7. The fraction of sp³-hybridized carbons (Fsp3) is 0.333. The highest BCUT2D eigenvalue weighted by molar-refractivity contribution is 7.89. The monoisotopic (exact) mass is 490 g/mol. The third kappa shape index (κ3) is 5.87. The Balaban J connectivity index is 2.05. The van der Waals surface area contributed by atoms with Gasteiger partial charge in [-0.05, 0) is 31.0 Å². The van der Waals surface area contributed by atoms with Crippen molar-refractivity contribution in [2.24, 2.45) is 0 Å². The highest BCUT2D eigenvalue weighted by Gasteiger charge is 2.31. The number of anilines is 2. The number of alkyl halides is 3. The first-order valence-corrected chi connectivity index (χ1v) is 10.9. The summed E-state index contributed by atoms with van der Waals surface area (Å²) in [5, 5.41) is 24.7. The molecule has 1 fully saturated rings. The van der Waals surface area contributed by atoms with Gasteiger partial charge in [-0.1, -0.05) is 0 Å². The summed E-state index contributed by atoms with van der Waals surface area (Å²) >= 11 is 0. The molecule has 15 heteroatoms. The van der Waals surface area contributed by atoms with E-state index in [1.165, 1.54) is 4.31 Å². The molecule has 1 saturated heterocycles. The Hall–Kier alpha value is -3.46. The fourth-order valence-corrected chi connectivity index (χ4v) is 4.71. The molecule has 0 aromatic heterocycles. The van der Waals surface area contributed by atoms with Crippen molar-refractivity contribution in [3.63, 3.8) is 0 Å². The van der Waals surface area contributed by atoms with Gasteiger partial charge in [-0.3, -0.25) is 20.2 Å². The first-order chi connectivity index (χ1) is 15.4. The Bertz CT molecular complexity index is 1150. The Kier molecular flexibility index (Phi) is 6.73. The summed E-state index contributed by atoms with van der Waals surface area (Å²) in [5.41, 5.74) is -1.78. The molecule has 1 N–H and O–H groups in total. The predicted molar refractivity (Wildman–Crippen MR) is 109 cm³/mol. The van der Waals surface area contributed by atoms with E-state index < -0.39 is 49.8 Å². The van der Waals surface area contributed by atoms with E-state index in [0.29, 0.717) is 18.9 Å². The maximum absolute atomic E-state index is 12.9. The zero-order chi connectivity index (χ0) is 24.4. The van der Waals surface area contributed by atoms with Crippen LogP contribution in [0.2, 0.25) is 0 Å². The summed E-state index contributed by atoms with van der Waals surface area (Å²) in [6.45, 7) is -1.11. The van der Waals surface area contributed by atoms with Gasteiger partial charge in [-0.15, -0.1) is 0 Å². The number of rotatable bonds is 8. The smallest absolute Gasteiger partial charge is 0.422 e. The lowest BCUT2D eigenvalue weighted by molar-refractivity contribution is -0.394. The largest absolute Gasteiger partial charge is 0.482 e. The van der Waals surface area contributed by atoms with Crippen LogP contribution in [0.1, 0.15) is 12.8 Å². The molecule has 178 valence electrons. The molecule has 2 aromatic carbocycles.